The lowest BCUT2D eigenvalue weighted by atomic mass is 10.3. The molecule has 0 aliphatic carbocycles. The molecule has 0 N–H and O–H groups in total. The zero-order valence-corrected chi connectivity index (χ0v) is 7.76. The molecule has 0 rings (SSSR count). The van der Waals surface area contributed by atoms with Crippen LogP contribution in [0.15, 0.2) is 12.2 Å². The zero-order valence-electron chi connectivity index (χ0n) is 7.76. The summed E-state index contributed by atoms with van der Waals surface area (Å²) < 4.78 is 9.69. The number of carbonyl (C=O) groups excluding carboxylic acids is 1. The van der Waals surface area contributed by atoms with Crippen molar-refractivity contribution in [3.05, 3.63) is 12.2 Å². The number of carbonyl (C=O) groups is 1. The molecule has 0 saturated heterocycles. The fourth-order valence-electron chi connectivity index (χ4n) is 0.605. The summed E-state index contributed by atoms with van der Waals surface area (Å²) >= 11 is 0. The van der Waals surface area contributed by atoms with Gasteiger partial charge in [-0.15, -0.1) is 6.58 Å². The van der Waals surface area contributed by atoms with E-state index in [4.69, 9.17) is 4.74 Å². The molecule has 0 saturated carbocycles. The maximum atomic E-state index is 10.7. The van der Waals surface area contributed by atoms with Crippen molar-refractivity contribution < 1.29 is 14.3 Å². The Morgan fingerprint density at radius 3 is 2.67 bits per heavy atom. The van der Waals surface area contributed by atoms with Gasteiger partial charge in [0.2, 0.25) is 0 Å². The number of hydrogen-bond donors (Lipinski definition) is 0. The summed E-state index contributed by atoms with van der Waals surface area (Å²) in [5, 5.41) is 0. The van der Waals surface area contributed by atoms with E-state index >= 15 is 0 Å². The van der Waals surface area contributed by atoms with Crippen molar-refractivity contribution >= 4 is 5.97 Å². The minimum atomic E-state index is -0.306. The number of esters is 1. The van der Waals surface area contributed by atoms with Crippen molar-refractivity contribution in [2.45, 2.75) is 20.3 Å². The first kappa shape index (κ1) is 11.2. The summed E-state index contributed by atoms with van der Waals surface area (Å²) in [5.41, 5.74) is 1.05. The van der Waals surface area contributed by atoms with Crippen LogP contribution in [0.5, 0.6) is 0 Å². The van der Waals surface area contributed by atoms with Crippen LogP contribution in [0.4, 0.5) is 0 Å². The van der Waals surface area contributed by atoms with Gasteiger partial charge in [0.05, 0.1) is 13.2 Å². The smallest absolute Gasteiger partial charge is 0.332 e. The summed E-state index contributed by atoms with van der Waals surface area (Å²) in [7, 11) is 0. The van der Waals surface area contributed by atoms with E-state index in [-0.39, 0.29) is 12.6 Å². The highest BCUT2D eigenvalue weighted by Crippen LogP contribution is 1.95. The summed E-state index contributed by atoms with van der Waals surface area (Å²) in [6, 6.07) is 0. The molecule has 0 aliphatic heterocycles. The summed E-state index contributed by atoms with van der Waals surface area (Å²) in [6.07, 6.45) is 0.791. The molecule has 3 heteroatoms. The lowest BCUT2D eigenvalue weighted by molar-refractivity contribution is -0.148. The van der Waals surface area contributed by atoms with Crippen molar-refractivity contribution in [3.8, 4) is 0 Å². The fourth-order valence-corrected chi connectivity index (χ4v) is 0.605. The van der Waals surface area contributed by atoms with Crippen LogP contribution in [0, 0.1) is 0 Å². The molecule has 0 bridgehead atoms. The van der Waals surface area contributed by atoms with E-state index in [1.165, 1.54) is 0 Å². The number of ether oxygens (including phenoxy) is 2. The molecule has 0 amide bonds. The van der Waals surface area contributed by atoms with Crippen LogP contribution in [-0.2, 0) is 14.3 Å². The van der Waals surface area contributed by atoms with E-state index in [1.807, 2.05) is 6.92 Å². The molecule has 0 aliphatic rings. The maximum absolute atomic E-state index is 10.7. The van der Waals surface area contributed by atoms with Crippen LogP contribution in [0.25, 0.3) is 0 Å². The zero-order chi connectivity index (χ0) is 9.40. The first-order chi connectivity index (χ1) is 5.66. The second-order valence-electron chi connectivity index (χ2n) is 2.56. The van der Waals surface area contributed by atoms with Crippen LogP contribution >= 0.6 is 0 Å². The predicted octanol–water partition coefficient (Wildman–Crippen LogP) is 1.53. The molecule has 0 heterocycles. The van der Waals surface area contributed by atoms with Gasteiger partial charge in [-0.2, -0.15) is 0 Å². The topological polar surface area (TPSA) is 35.5 Å². The van der Waals surface area contributed by atoms with Gasteiger partial charge in [0, 0.05) is 0 Å². The molecule has 12 heavy (non-hydrogen) atoms. The average Bonchev–Trinajstić information content (AvgIpc) is 1.98. The van der Waals surface area contributed by atoms with E-state index < -0.39 is 0 Å². The SMILES string of the molecule is C=C(C)CCOCC(=O)OCC. The molecule has 0 spiro atoms. The Hall–Kier alpha value is -0.830. The normalized spacial score (nSPS) is 9.50. The molecule has 0 unspecified atom stereocenters. The second-order valence-corrected chi connectivity index (χ2v) is 2.56. The van der Waals surface area contributed by atoms with Gasteiger partial charge < -0.3 is 9.47 Å². The Labute approximate surface area is 73.4 Å². The predicted molar refractivity (Wildman–Crippen MR) is 46.9 cm³/mol. The minimum absolute atomic E-state index is 0.0428. The number of hydrogen-bond acceptors (Lipinski definition) is 3. The van der Waals surface area contributed by atoms with Crippen molar-refractivity contribution in [1.29, 1.82) is 0 Å². The van der Waals surface area contributed by atoms with Gasteiger partial charge in [0.15, 0.2) is 0 Å². The Morgan fingerprint density at radius 2 is 2.17 bits per heavy atom. The minimum Gasteiger partial charge on any atom is -0.464 e. The third-order valence-electron chi connectivity index (χ3n) is 1.20. The molecule has 70 valence electrons. The van der Waals surface area contributed by atoms with Gasteiger partial charge in [-0.05, 0) is 20.3 Å². The lowest BCUT2D eigenvalue weighted by Gasteiger charge is -2.03. The fraction of sp³-hybridized carbons (Fsp3) is 0.667. The van der Waals surface area contributed by atoms with Crippen molar-refractivity contribution in [2.75, 3.05) is 19.8 Å². The van der Waals surface area contributed by atoms with Gasteiger partial charge >= 0.3 is 5.97 Å². The molecular weight excluding hydrogens is 156 g/mol. The largest absolute Gasteiger partial charge is 0.464 e. The van der Waals surface area contributed by atoms with E-state index in [9.17, 15) is 4.79 Å². The third-order valence-corrected chi connectivity index (χ3v) is 1.20. The van der Waals surface area contributed by atoms with Crippen molar-refractivity contribution in [3.63, 3.8) is 0 Å². The Balaban J connectivity index is 3.19. The van der Waals surface area contributed by atoms with Crippen LogP contribution in [0.1, 0.15) is 20.3 Å². The molecule has 0 aromatic carbocycles. The first-order valence-electron chi connectivity index (χ1n) is 4.04. The molecule has 0 aromatic heterocycles. The van der Waals surface area contributed by atoms with Crippen LogP contribution in [0.3, 0.4) is 0 Å². The summed E-state index contributed by atoms with van der Waals surface area (Å²) in [5.74, 6) is -0.306. The highest BCUT2D eigenvalue weighted by molar-refractivity contribution is 5.70. The van der Waals surface area contributed by atoms with Gasteiger partial charge in [0.25, 0.3) is 0 Å². The van der Waals surface area contributed by atoms with Crippen LogP contribution in [0.2, 0.25) is 0 Å². The van der Waals surface area contributed by atoms with Gasteiger partial charge in [0.1, 0.15) is 6.61 Å². The summed E-state index contributed by atoms with van der Waals surface area (Å²) in [6.45, 7) is 8.39. The molecule has 0 radical (unpaired) electrons. The van der Waals surface area contributed by atoms with Crippen molar-refractivity contribution in [2.24, 2.45) is 0 Å². The lowest BCUT2D eigenvalue weighted by Crippen LogP contribution is -2.12. The van der Waals surface area contributed by atoms with Gasteiger partial charge in [-0.3, -0.25) is 0 Å². The van der Waals surface area contributed by atoms with E-state index in [2.05, 4.69) is 11.3 Å². The van der Waals surface area contributed by atoms with E-state index in [1.54, 1.807) is 6.92 Å². The third kappa shape index (κ3) is 7.28. The van der Waals surface area contributed by atoms with E-state index in [0.29, 0.717) is 13.2 Å². The quantitative estimate of drug-likeness (QED) is 0.346. The number of rotatable bonds is 6. The summed E-state index contributed by atoms with van der Waals surface area (Å²) in [4.78, 5) is 10.7. The molecule has 3 nitrogen and oxygen atoms in total. The maximum Gasteiger partial charge on any atom is 0.332 e. The van der Waals surface area contributed by atoms with Crippen LogP contribution < -0.4 is 0 Å². The average molecular weight is 172 g/mol. The second kappa shape index (κ2) is 6.85. The molecule has 0 fully saturated rings. The standard InChI is InChI=1S/C9H16O3/c1-4-12-9(10)7-11-6-5-8(2)3/h2,4-7H2,1,3H3. The van der Waals surface area contributed by atoms with Crippen LogP contribution in [-0.4, -0.2) is 25.8 Å². The van der Waals surface area contributed by atoms with Gasteiger partial charge in [-0.1, -0.05) is 5.57 Å². The molecule has 0 atom stereocenters. The highest BCUT2D eigenvalue weighted by atomic mass is 16.6. The highest BCUT2D eigenvalue weighted by Gasteiger charge is 1.99. The molecule has 0 aromatic rings. The Bertz CT molecular complexity index is 152. The first-order valence-corrected chi connectivity index (χ1v) is 4.04. The monoisotopic (exact) mass is 172 g/mol. The van der Waals surface area contributed by atoms with Crippen molar-refractivity contribution in [1.82, 2.24) is 0 Å². The van der Waals surface area contributed by atoms with E-state index in [0.717, 1.165) is 12.0 Å². The Morgan fingerprint density at radius 1 is 1.50 bits per heavy atom. The van der Waals surface area contributed by atoms with Gasteiger partial charge in [-0.25, -0.2) is 4.79 Å². The molecular formula is C9H16O3. The Kier molecular flexibility index (Phi) is 6.38.